The van der Waals surface area contributed by atoms with Crippen molar-refractivity contribution in [1.29, 1.82) is 5.41 Å². The molecule has 0 unspecified atom stereocenters. The van der Waals surface area contributed by atoms with Gasteiger partial charge in [-0.25, -0.2) is 24.4 Å². The SMILES string of the molecule is C=C1C[C@H]2C=Nc3cc(OCCCCCOc4cc(NC(=O)OCCSSC[C@H](NC(=O)[C@H](CC(=O)O)NC(=O)[C@H](CC(=O)O)NC(=O)[C@H](CCCNC(=N)N)NC(=O)[C@H](CC(=O)O)NC(=O)CC[C@H](NC(=O)c5ccc(NCc6cnc7nc(N)[nH]c(=O)c7n6)cc5)C(=O)O)C(=O)O)c(C(=O)N5CC(=C)C[C@H]5/C=N/OC)cc4OC)c(OC)cc3C(=O)N2C1. The Hall–Kier alpha value is -14.4. The van der Waals surface area contributed by atoms with Crippen molar-refractivity contribution in [3.63, 3.8) is 0 Å². The zero-order valence-electron chi connectivity index (χ0n) is 67.6. The monoisotopic (exact) mass is 1780 g/mol. The summed E-state index contributed by atoms with van der Waals surface area (Å²) in [5.41, 5.74) is 13.4. The second-order valence-electron chi connectivity index (χ2n) is 28.1. The summed E-state index contributed by atoms with van der Waals surface area (Å²) in [6, 6.07) is -0.953. The number of anilines is 3. The number of aromatic nitrogens is 4. The number of unbranched alkanes of at least 4 members (excludes halogenated alkanes) is 2. The van der Waals surface area contributed by atoms with Crippen molar-refractivity contribution < 1.29 is 121 Å². The van der Waals surface area contributed by atoms with Gasteiger partial charge in [-0.05, 0) is 87.8 Å². The van der Waals surface area contributed by atoms with Gasteiger partial charge in [0.05, 0.1) is 106 Å². The fraction of sp³-hybridized carbons (Fsp3) is 0.416. The van der Waals surface area contributed by atoms with E-state index in [0.717, 1.165) is 27.2 Å². The van der Waals surface area contributed by atoms with Crippen molar-refractivity contribution in [2.45, 2.75) is 132 Å². The Bertz CT molecular complexity index is 5040. The second-order valence-corrected chi connectivity index (χ2v) is 30.7. The number of guanidine groups is 1. The zero-order chi connectivity index (χ0) is 91.1. The van der Waals surface area contributed by atoms with E-state index < -0.39 is 175 Å². The standard InChI is InChI=1S/C77H94N20O26S2/c1-38-22-43-33-83-49-26-57(55(118-3)24-45(49)71(111)96(43)35-38)121-18-7-6-8-19-122-58-27-50(46(25-56(58)119-4)72(112)97-36-39(2)23-44(97)34-85-120-5)93-77(117)123-20-21-124-125-37-54(74(115)116)92-69(109)53(30-62(103)104)91-68(108)52(29-61(101)102)90-66(106)47(10-9-17-81-75(78)79)88-67(107)51(28-60(99)100)87-59(98)16-15-48(73(113)114)89-65(105)40-11-13-41(14-12-40)82-31-42-32-84-64-63(86-42)70(110)95-76(80)94-64/h11-14,24-27,32-34,43-44,47-48,51-54,82H,1-2,6-10,15-23,28-31,35-37H2,3-5H3,(H,87,98)(H,88,107)(H,89,105)(H,90,106)(H,91,108)(H,92,109)(H,93,117)(H,99,100)(H,101,102)(H,103,104)(H,113,114)(H,115,116)(H4,78,79,81)(H3,80,84,94,95,110)/b85-34+/t43-,44-,47-,48-,51-,52-,53-,54-/m0/s1. The summed E-state index contributed by atoms with van der Waals surface area (Å²) in [6.07, 6.45) is 0.430. The highest BCUT2D eigenvalue weighted by atomic mass is 33.1. The molecule has 670 valence electrons. The number of oxime groups is 1. The number of rotatable bonds is 49. The number of nitrogens with zero attached hydrogens (tertiary/aromatic N) is 7. The van der Waals surface area contributed by atoms with Crippen LogP contribution in [0.4, 0.5) is 27.8 Å². The Labute approximate surface area is 718 Å². The van der Waals surface area contributed by atoms with Crippen molar-refractivity contribution in [3.8, 4) is 23.0 Å². The number of nitrogen functional groups attached to an aromatic ring is 1. The van der Waals surface area contributed by atoms with Crippen molar-refractivity contribution in [3.05, 3.63) is 112 Å². The molecule has 3 aliphatic rings. The van der Waals surface area contributed by atoms with Crippen LogP contribution >= 0.6 is 21.6 Å². The van der Waals surface area contributed by atoms with Crippen LogP contribution in [0.25, 0.3) is 11.2 Å². The van der Waals surface area contributed by atoms with Crippen LogP contribution < -0.4 is 83.8 Å². The third kappa shape index (κ3) is 28.9. The summed E-state index contributed by atoms with van der Waals surface area (Å²) in [7, 11) is 5.96. The molecule has 48 heteroatoms. The first-order chi connectivity index (χ1) is 59.6. The van der Waals surface area contributed by atoms with Crippen LogP contribution in [-0.4, -0.2) is 277 Å². The molecular formula is C77H94N20O26S2. The number of aliphatic imine (C=N–C) groups is 1. The van der Waals surface area contributed by atoms with E-state index in [4.69, 9.17) is 45.4 Å². The highest BCUT2D eigenvalue weighted by Crippen LogP contribution is 2.40. The predicted octanol–water partition coefficient (Wildman–Crippen LogP) is 1.23. The minimum atomic E-state index is -2.22. The quantitative estimate of drug-likeness (QED) is 0.00650. The third-order valence-corrected chi connectivity index (χ3v) is 21.2. The van der Waals surface area contributed by atoms with Crippen LogP contribution in [0.2, 0.25) is 0 Å². The summed E-state index contributed by atoms with van der Waals surface area (Å²) >= 11 is 0. The fourth-order valence-electron chi connectivity index (χ4n) is 12.7. The van der Waals surface area contributed by atoms with E-state index >= 15 is 0 Å². The number of fused-ring (bicyclic) bond motifs is 3. The van der Waals surface area contributed by atoms with Crippen molar-refractivity contribution in [2.75, 3.05) is 88.7 Å². The molecule has 0 saturated carbocycles. The van der Waals surface area contributed by atoms with Crippen LogP contribution in [0.3, 0.4) is 0 Å². The van der Waals surface area contributed by atoms with E-state index in [1.807, 2.05) is 5.32 Å². The van der Waals surface area contributed by atoms with Gasteiger partial charge in [-0.1, -0.05) is 51.0 Å². The van der Waals surface area contributed by atoms with Crippen molar-refractivity contribution >= 4 is 157 Å². The van der Waals surface area contributed by atoms with Gasteiger partial charge in [0.15, 0.2) is 40.1 Å². The lowest BCUT2D eigenvalue weighted by atomic mass is 10.1. The average molecular weight is 1780 g/mol. The molecular weight excluding hydrogens is 1690 g/mol. The van der Waals surface area contributed by atoms with E-state index in [1.165, 1.54) is 75.0 Å². The number of nitrogens with two attached hydrogens (primary N) is 2. The van der Waals surface area contributed by atoms with Crippen LogP contribution in [-0.2, 0) is 64.1 Å². The maximum atomic E-state index is 14.4. The number of methoxy groups -OCH3 is 2. The topological polar surface area (TPSA) is 682 Å². The van der Waals surface area contributed by atoms with Gasteiger partial charge in [-0.2, -0.15) is 4.98 Å². The molecule has 8 rings (SSSR count). The molecule has 0 aliphatic carbocycles. The van der Waals surface area contributed by atoms with E-state index in [9.17, 15) is 97.5 Å². The largest absolute Gasteiger partial charge is 0.493 e. The first kappa shape index (κ1) is 96.1. The van der Waals surface area contributed by atoms with Gasteiger partial charge in [-0.3, -0.25) is 78.2 Å². The maximum Gasteiger partial charge on any atom is 0.411 e. The number of aromatic amines is 1. The van der Waals surface area contributed by atoms with Crippen LogP contribution in [0.15, 0.2) is 94.0 Å². The zero-order valence-corrected chi connectivity index (χ0v) is 69.3. The predicted molar refractivity (Wildman–Crippen MR) is 449 cm³/mol. The smallest absolute Gasteiger partial charge is 0.411 e. The molecule has 3 aliphatic heterocycles. The number of aliphatic carboxylic acids is 5. The first-order valence-corrected chi connectivity index (χ1v) is 40.9. The highest BCUT2D eigenvalue weighted by Gasteiger charge is 2.39. The molecule has 46 nitrogen and oxygen atoms in total. The summed E-state index contributed by atoms with van der Waals surface area (Å²) in [6.45, 7) is 8.59. The molecule has 8 atom stereocenters. The number of H-pyrrole nitrogens is 1. The number of benzene rings is 3. The highest BCUT2D eigenvalue weighted by molar-refractivity contribution is 8.76. The van der Waals surface area contributed by atoms with Gasteiger partial charge >= 0.3 is 35.9 Å². The normalized spacial score (nSPS) is 15.3. The molecule has 2 fully saturated rings. The average Bonchev–Trinajstić information content (AvgIpc) is 1.70. The summed E-state index contributed by atoms with van der Waals surface area (Å²) in [5, 5.41) is 82.0. The van der Waals surface area contributed by atoms with Crippen molar-refractivity contribution in [1.82, 2.24) is 67.0 Å². The summed E-state index contributed by atoms with van der Waals surface area (Å²) < 4.78 is 29.0. The third-order valence-electron chi connectivity index (χ3n) is 18.8. The molecule has 3 aromatic carbocycles. The van der Waals surface area contributed by atoms with Gasteiger partial charge in [0.2, 0.25) is 35.5 Å². The number of carboxylic acids is 5. The molecule has 0 bridgehead atoms. The molecule has 2 saturated heterocycles. The van der Waals surface area contributed by atoms with Crippen LogP contribution in [0, 0.1) is 5.41 Å². The Kier molecular flexibility index (Phi) is 35.8. The van der Waals surface area contributed by atoms with Gasteiger partial charge in [0.25, 0.3) is 23.3 Å². The van der Waals surface area contributed by atoms with Gasteiger partial charge in [-0.15, -0.1) is 0 Å². The molecule has 5 heterocycles. The lowest BCUT2D eigenvalue weighted by Crippen LogP contribution is -2.59. The van der Waals surface area contributed by atoms with E-state index in [0.29, 0.717) is 78.4 Å². The fourth-order valence-corrected chi connectivity index (χ4v) is 14.6. The van der Waals surface area contributed by atoms with Gasteiger partial charge in [0.1, 0.15) is 50.0 Å². The van der Waals surface area contributed by atoms with Crippen LogP contribution in [0.5, 0.6) is 23.0 Å². The molecule has 0 spiro atoms. The lowest BCUT2D eigenvalue weighted by Gasteiger charge is -2.26. The first-order valence-electron chi connectivity index (χ1n) is 38.4. The molecule has 0 radical (unpaired) electrons. The van der Waals surface area contributed by atoms with E-state index in [1.54, 1.807) is 23.2 Å². The number of ether oxygens (including phenoxy) is 5. The van der Waals surface area contributed by atoms with Gasteiger partial charge < -0.3 is 118 Å². The molecule has 5 aromatic rings. The number of amides is 9. The minimum absolute atomic E-state index is 0.0242. The Morgan fingerprint density at radius 2 is 1.29 bits per heavy atom. The number of carbonyl (C=O) groups excluding carboxylic acids is 9. The number of carboxylic acid groups (broad SMARTS) is 5. The second kappa shape index (κ2) is 46.6. The summed E-state index contributed by atoms with van der Waals surface area (Å²) in [4.78, 5) is 225. The van der Waals surface area contributed by atoms with Gasteiger partial charge in [0, 0.05) is 67.2 Å². The summed E-state index contributed by atoms with van der Waals surface area (Å²) in [5.74, 6) is -17.0. The number of hydrogen-bond donors (Lipinski definition) is 18. The number of carbonyl (C=O) groups is 14. The molecule has 20 N–H and O–H groups in total. The molecule has 2 aromatic heterocycles. The Morgan fingerprint density at radius 3 is 1.90 bits per heavy atom. The number of likely N-dealkylation sites (tertiary alicyclic amines) is 1. The number of hydrogen-bond acceptors (Lipinski definition) is 31. The maximum absolute atomic E-state index is 14.4. The number of nitrogens with one attached hydrogen (secondary N) is 11. The molecule has 125 heavy (non-hydrogen) atoms. The minimum Gasteiger partial charge on any atom is -0.493 e. The molecule has 9 amide bonds. The van der Waals surface area contributed by atoms with E-state index in [2.05, 4.69) is 85.8 Å². The van der Waals surface area contributed by atoms with Crippen LogP contribution in [0.1, 0.15) is 114 Å². The van der Waals surface area contributed by atoms with E-state index in [-0.39, 0.29) is 109 Å². The lowest BCUT2D eigenvalue weighted by molar-refractivity contribution is -0.144. The van der Waals surface area contributed by atoms with Crippen molar-refractivity contribution in [2.24, 2.45) is 15.9 Å². The Morgan fingerprint density at radius 1 is 0.688 bits per heavy atom. The Balaban J connectivity index is 0.830.